The third-order valence-electron chi connectivity index (χ3n) is 2.79. The fourth-order valence-electron chi connectivity index (χ4n) is 1.90. The molecule has 2 N–H and O–H groups in total. The highest BCUT2D eigenvalue weighted by molar-refractivity contribution is 5.74. The minimum absolute atomic E-state index is 0.00229. The van der Waals surface area contributed by atoms with Gasteiger partial charge in [0.1, 0.15) is 6.04 Å². The summed E-state index contributed by atoms with van der Waals surface area (Å²) in [6, 6.07) is 9.09. The average molecular weight is 265 g/mol. The highest BCUT2D eigenvalue weighted by Gasteiger charge is 2.36. The summed E-state index contributed by atoms with van der Waals surface area (Å²) in [5, 5.41) is 10.9. The Balaban J connectivity index is 1.80. The molecule has 0 saturated carbocycles. The van der Waals surface area contributed by atoms with Crippen molar-refractivity contribution in [2.75, 3.05) is 6.61 Å². The molecule has 1 heterocycles. The monoisotopic (exact) mass is 265 g/mol. The smallest absolute Gasteiger partial charge is 0.405 e. The minimum atomic E-state index is -1.19. The van der Waals surface area contributed by atoms with Crippen LogP contribution in [0.15, 0.2) is 30.3 Å². The van der Waals surface area contributed by atoms with Crippen LogP contribution in [0.1, 0.15) is 12.0 Å². The maximum Gasteiger partial charge on any atom is 0.405 e. The van der Waals surface area contributed by atoms with Crippen molar-refractivity contribution in [3.05, 3.63) is 35.9 Å². The van der Waals surface area contributed by atoms with E-state index in [2.05, 4.69) is 5.32 Å². The molecule has 1 fully saturated rings. The molecule has 2 rings (SSSR count). The quantitative estimate of drug-likeness (QED) is 0.780. The lowest BCUT2D eigenvalue weighted by Gasteiger charge is -2.17. The van der Waals surface area contributed by atoms with Crippen molar-refractivity contribution < 1.29 is 24.2 Å². The molecule has 6 heteroatoms. The molecule has 1 amide bonds. The zero-order chi connectivity index (χ0) is 13.7. The van der Waals surface area contributed by atoms with E-state index in [9.17, 15) is 9.59 Å². The van der Waals surface area contributed by atoms with Gasteiger partial charge in [0.05, 0.1) is 13.0 Å². The first-order chi connectivity index (χ1) is 9.15. The number of esters is 1. The Hall–Kier alpha value is -2.08. The van der Waals surface area contributed by atoms with Crippen molar-refractivity contribution in [3.63, 3.8) is 0 Å². The number of amides is 1. The van der Waals surface area contributed by atoms with Gasteiger partial charge in [-0.2, -0.15) is 0 Å². The summed E-state index contributed by atoms with van der Waals surface area (Å²) in [6.45, 7) is 0.361. The van der Waals surface area contributed by atoms with Crippen LogP contribution in [0.4, 0.5) is 4.79 Å². The molecule has 2 unspecified atom stereocenters. The van der Waals surface area contributed by atoms with Gasteiger partial charge < -0.3 is 19.9 Å². The van der Waals surface area contributed by atoms with E-state index in [-0.39, 0.29) is 6.42 Å². The topological polar surface area (TPSA) is 84.9 Å². The number of carbonyl (C=O) groups is 2. The van der Waals surface area contributed by atoms with Gasteiger partial charge in [-0.05, 0) is 12.0 Å². The van der Waals surface area contributed by atoms with E-state index < -0.39 is 24.4 Å². The second-order valence-electron chi connectivity index (χ2n) is 4.22. The van der Waals surface area contributed by atoms with E-state index in [1.54, 1.807) is 0 Å². The molecule has 102 valence electrons. The second kappa shape index (κ2) is 6.19. The van der Waals surface area contributed by atoms with E-state index in [1.165, 1.54) is 0 Å². The number of carboxylic acid groups (broad SMARTS) is 1. The number of rotatable bonds is 5. The molecular formula is C13H15NO5. The Labute approximate surface area is 110 Å². The number of cyclic esters (lactones) is 1. The van der Waals surface area contributed by atoms with E-state index in [4.69, 9.17) is 14.6 Å². The summed E-state index contributed by atoms with van der Waals surface area (Å²) < 4.78 is 10.3. The lowest BCUT2D eigenvalue weighted by Crippen LogP contribution is -2.41. The van der Waals surface area contributed by atoms with Gasteiger partial charge in [-0.3, -0.25) is 4.79 Å². The molecule has 1 aromatic carbocycles. The van der Waals surface area contributed by atoms with Gasteiger partial charge in [0.15, 0.2) is 0 Å². The Morgan fingerprint density at radius 2 is 2.16 bits per heavy atom. The molecule has 0 radical (unpaired) electrons. The first-order valence-electron chi connectivity index (χ1n) is 5.99. The zero-order valence-corrected chi connectivity index (χ0v) is 10.2. The SMILES string of the molecule is O=C(O)NC1CC(=O)OC1OCCc1ccccc1. The molecule has 0 aromatic heterocycles. The van der Waals surface area contributed by atoms with Gasteiger partial charge in [-0.25, -0.2) is 4.79 Å². The Morgan fingerprint density at radius 3 is 2.84 bits per heavy atom. The van der Waals surface area contributed by atoms with Crippen molar-refractivity contribution in [2.45, 2.75) is 25.2 Å². The first kappa shape index (κ1) is 13.4. The molecule has 0 spiro atoms. The van der Waals surface area contributed by atoms with Crippen LogP contribution in [0.5, 0.6) is 0 Å². The number of hydrogen-bond acceptors (Lipinski definition) is 4. The number of hydrogen-bond donors (Lipinski definition) is 2. The summed E-state index contributed by atoms with van der Waals surface area (Å²) in [7, 11) is 0. The van der Waals surface area contributed by atoms with Gasteiger partial charge in [0, 0.05) is 0 Å². The first-order valence-corrected chi connectivity index (χ1v) is 5.99. The number of carbonyl (C=O) groups excluding carboxylic acids is 1. The van der Waals surface area contributed by atoms with Gasteiger partial charge in [0.2, 0.25) is 6.29 Å². The molecule has 1 saturated heterocycles. The van der Waals surface area contributed by atoms with Crippen LogP contribution in [-0.4, -0.2) is 36.1 Å². The maximum absolute atomic E-state index is 11.1. The molecule has 1 aromatic rings. The summed E-state index contributed by atoms with van der Waals surface area (Å²) in [6.07, 6.45) is -1.36. The van der Waals surface area contributed by atoms with E-state index in [0.717, 1.165) is 5.56 Å². The lowest BCUT2D eigenvalue weighted by molar-refractivity contribution is -0.164. The summed E-state index contributed by atoms with van der Waals surface area (Å²) in [4.78, 5) is 21.7. The van der Waals surface area contributed by atoms with Gasteiger partial charge in [-0.15, -0.1) is 0 Å². The normalized spacial score (nSPS) is 22.0. The van der Waals surface area contributed by atoms with Crippen molar-refractivity contribution in [1.82, 2.24) is 5.32 Å². The Morgan fingerprint density at radius 1 is 1.42 bits per heavy atom. The molecule has 6 nitrogen and oxygen atoms in total. The zero-order valence-electron chi connectivity index (χ0n) is 10.2. The molecule has 1 aliphatic heterocycles. The van der Waals surface area contributed by atoms with Crippen LogP contribution >= 0.6 is 0 Å². The summed E-state index contributed by atoms with van der Waals surface area (Å²) in [5.41, 5.74) is 1.11. The van der Waals surface area contributed by atoms with Crippen LogP contribution < -0.4 is 5.32 Å². The van der Waals surface area contributed by atoms with Crippen molar-refractivity contribution in [1.29, 1.82) is 0 Å². The van der Waals surface area contributed by atoms with Gasteiger partial charge in [-0.1, -0.05) is 30.3 Å². The van der Waals surface area contributed by atoms with E-state index >= 15 is 0 Å². The third kappa shape index (κ3) is 3.96. The van der Waals surface area contributed by atoms with Gasteiger partial charge in [0.25, 0.3) is 0 Å². The number of ether oxygens (including phenoxy) is 2. The Kier molecular flexibility index (Phi) is 4.35. The van der Waals surface area contributed by atoms with Crippen molar-refractivity contribution in [3.8, 4) is 0 Å². The molecular weight excluding hydrogens is 250 g/mol. The molecule has 0 aliphatic carbocycles. The number of nitrogens with one attached hydrogen (secondary N) is 1. The highest BCUT2D eigenvalue weighted by Crippen LogP contribution is 2.16. The van der Waals surface area contributed by atoms with Gasteiger partial charge >= 0.3 is 12.1 Å². The molecule has 0 bridgehead atoms. The van der Waals surface area contributed by atoms with E-state index in [1.807, 2.05) is 30.3 Å². The largest absolute Gasteiger partial charge is 0.465 e. The third-order valence-corrected chi connectivity index (χ3v) is 2.79. The molecule has 1 aliphatic rings. The van der Waals surface area contributed by atoms with Crippen LogP contribution in [0, 0.1) is 0 Å². The summed E-state index contributed by atoms with van der Waals surface area (Å²) >= 11 is 0. The van der Waals surface area contributed by atoms with Crippen LogP contribution in [0.2, 0.25) is 0 Å². The van der Waals surface area contributed by atoms with Crippen LogP contribution in [-0.2, 0) is 20.7 Å². The maximum atomic E-state index is 11.1. The summed E-state index contributed by atoms with van der Waals surface area (Å²) in [5.74, 6) is -0.455. The lowest BCUT2D eigenvalue weighted by atomic mass is 10.2. The van der Waals surface area contributed by atoms with Crippen molar-refractivity contribution >= 4 is 12.1 Å². The number of benzene rings is 1. The average Bonchev–Trinajstić information content (AvgIpc) is 2.70. The molecule has 2 atom stereocenters. The van der Waals surface area contributed by atoms with Crippen LogP contribution in [0.3, 0.4) is 0 Å². The van der Waals surface area contributed by atoms with Crippen molar-refractivity contribution in [2.24, 2.45) is 0 Å². The minimum Gasteiger partial charge on any atom is -0.465 e. The Bertz CT molecular complexity index is 448. The highest BCUT2D eigenvalue weighted by atomic mass is 16.7. The standard InChI is InChI=1S/C13H15NO5/c15-11-8-10(14-13(16)17)12(19-11)18-7-6-9-4-2-1-3-5-9/h1-5,10,12,14H,6-8H2,(H,16,17). The predicted octanol–water partition coefficient (Wildman–Crippen LogP) is 1.15. The fourth-order valence-corrected chi connectivity index (χ4v) is 1.90. The second-order valence-corrected chi connectivity index (χ2v) is 4.22. The van der Waals surface area contributed by atoms with Crippen LogP contribution in [0.25, 0.3) is 0 Å². The molecule has 19 heavy (non-hydrogen) atoms. The predicted molar refractivity (Wildman–Crippen MR) is 65.5 cm³/mol. The fraction of sp³-hybridized carbons (Fsp3) is 0.385. The van der Waals surface area contributed by atoms with E-state index in [0.29, 0.717) is 13.0 Å².